The Morgan fingerprint density at radius 3 is 2.69 bits per heavy atom. The van der Waals surface area contributed by atoms with Crippen molar-refractivity contribution in [2.24, 2.45) is 0 Å². The number of imidazole rings is 1. The monoisotopic (exact) mass is 436 g/mol. The molecule has 0 radical (unpaired) electrons. The highest BCUT2D eigenvalue weighted by Crippen LogP contribution is 2.31. The van der Waals surface area contributed by atoms with Crippen LogP contribution in [0.3, 0.4) is 0 Å². The van der Waals surface area contributed by atoms with Crippen LogP contribution in [0.25, 0.3) is 5.69 Å². The Bertz CT molecular complexity index is 1230. The molecule has 4 aromatic rings. The minimum atomic E-state index is -0.579. The smallest absolute Gasteiger partial charge is 0.299 e. The first kappa shape index (κ1) is 19.9. The van der Waals surface area contributed by atoms with Crippen LogP contribution in [0.5, 0.6) is 17.5 Å². The van der Waals surface area contributed by atoms with E-state index in [-0.39, 0.29) is 12.4 Å². The van der Waals surface area contributed by atoms with Crippen molar-refractivity contribution in [1.29, 1.82) is 0 Å². The molecule has 164 valence electrons. The van der Waals surface area contributed by atoms with Crippen LogP contribution in [0.15, 0.2) is 60.9 Å². The number of anilines is 1. The zero-order valence-electron chi connectivity index (χ0n) is 17.3. The number of aromatic nitrogens is 5. The van der Waals surface area contributed by atoms with Gasteiger partial charge in [-0.25, -0.2) is 9.07 Å². The second kappa shape index (κ2) is 7.88. The molecule has 2 aromatic heterocycles. The molecule has 2 aromatic carbocycles. The highest BCUT2D eigenvalue weighted by Gasteiger charge is 2.37. The van der Waals surface area contributed by atoms with Crippen molar-refractivity contribution in [2.45, 2.75) is 25.7 Å². The fourth-order valence-corrected chi connectivity index (χ4v) is 3.50. The van der Waals surface area contributed by atoms with Crippen molar-refractivity contribution in [2.75, 3.05) is 12.3 Å². The summed E-state index contributed by atoms with van der Waals surface area (Å²) in [5.41, 5.74) is 6.39. The minimum absolute atomic E-state index is 0.0878. The van der Waals surface area contributed by atoms with Gasteiger partial charge in [-0.1, -0.05) is 29.5 Å². The van der Waals surface area contributed by atoms with Crippen LogP contribution in [0.2, 0.25) is 0 Å². The average Bonchev–Trinajstić information content (AvgIpc) is 3.45. The lowest BCUT2D eigenvalue weighted by atomic mass is 10.1. The zero-order chi connectivity index (χ0) is 22.1. The number of para-hydroxylation sites is 3. The molecule has 1 aliphatic heterocycles. The SMILES string of the molecule is CC1(COc2ccccc2-n2cc(COc3ccccc3F)nn2)Cn2cc(N)nc2O1. The Morgan fingerprint density at radius 1 is 1.09 bits per heavy atom. The number of nitrogen functional groups attached to an aromatic ring is 1. The molecule has 10 heteroatoms. The van der Waals surface area contributed by atoms with E-state index < -0.39 is 11.4 Å². The summed E-state index contributed by atoms with van der Waals surface area (Å²) in [6.07, 6.45) is 3.46. The molecule has 0 spiro atoms. The van der Waals surface area contributed by atoms with Gasteiger partial charge in [-0.3, -0.25) is 4.57 Å². The fourth-order valence-electron chi connectivity index (χ4n) is 3.50. The summed E-state index contributed by atoms with van der Waals surface area (Å²) >= 11 is 0. The Labute approximate surface area is 183 Å². The lowest BCUT2D eigenvalue weighted by Crippen LogP contribution is -2.38. The fraction of sp³-hybridized carbons (Fsp3) is 0.227. The van der Waals surface area contributed by atoms with Gasteiger partial charge in [0.25, 0.3) is 6.01 Å². The minimum Gasteiger partial charge on any atom is -0.487 e. The standard InChI is InChI=1S/C22H21FN6O3/c1-22(13-28-11-20(24)25-21(28)32-22)14-31-19-9-5-3-7-17(19)29-10-15(26-27-29)12-30-18-8-4-2-6-16(18)23/h2-11H,12-14,24H2,1H3. The molecular weight excluding hydrogens is 415 g/mol. The third-order valence-electron chi connectivity index (χ3n) is 5.00. The van der Waals surface area contributed by atoms with Crippen LogP contribution < -0.4 is 19.9 Å². The summed E-state index contributed by atoms with van der Waals surface area (Å²) < 4.78 is 34.7. The number of nitrogens with zero attached hydrogens (tertiary/aromatic N) is 5. The van der Waals surface area contributed by atoms with E-state index in [1.165, 1.54) is 6.07 Å². The lowest BCUT2D eigenvalue weighted by Gasteiger charge is -2.23. The first-order valence-electron chi connectivity index (χ1n) is 10.0. The second-order valence-electron chi connectivity index (χ2n) is 7.76. The van der Waals surface area contributed by atoms with Crippen molar-refractivity contribution in [1.82, 2.24) is 24.5 Å². The van der Waals surface area contributed by atoms with Gasteiger partial charge in [-0.05, 0) is 31.2 Å². The zero-order valence-corrected chi connectivity index (χ0v) is 17.3. The Balaban J connectivity index is 1.27. The van der Waals surface area contributed by atoms with Crippen LogP contribution in [0.4, 0.5) is 10.2 Å². The van der Waals surface area contributed by atoms with Crippen molar-refractivity contribution in [3.8, 4) is 23.2 Å². The largest absolute Gasteiger partial charge is 0.487 e. The lowest BCUT2D eigenvalue weighted by molar-refractivity contribution is 0.0506. The van der Waals surface area contributed by atoms with E-state index in [1.807, 2.05) is 35.8 Å². The van der Waals surface area contributed by atoms with Crippen molar-refractivity contribution >= 4 is 5.82 Å². The first-order valence-corrected chi connectivity index (χ1v) is 10.0. The molecule has 0 saturated heterocycles. The number of halogens is 1. The summed E-state index contributed by atoms with van der Waals surface area (Å²) in [5, 5.41) is 8.29. The van der Waals surface area contributed by atoms with E-state index >= 15 is 0 Å². The van der Waals surface area contributed by atoms with Gasteiger partial charge in [0, 0.05) is 0 Å². The van der Waals surface area contributed by atoms with Gasteiger partial charge in [-0.15, -0.1) is 5.10 Å². The van der Waals surface area contributed by atoms with E-state index in [4.69, 9.17) is 19.9 Å². The van der Waals surface area contributed by atoms with Gasteiger partial charge in [0.15, 0.2) is 17.2 Å². The number of ether oxygens (including phenoxy) is 3. The highest BCUT2D eigenvalue weighted by molar-refractivity contribution is 5.46. The topological polar surface area (TPSA) is 102 Å². The summed E-state index contributed by atoms with van der Waals surface area (Å²) in [6, 6.07) is 14.2. The maximum absolute atomic E-state index is 13.7. The number of hydrogen-bond acceptors (Lipinski definition) is 7. The van der Waals surface area contributed by atoms with Gasteiger partial charge in [-0.2, -0.15) is 4.98 Å². The third-order valence-corrected chi connectivity index (χ3v) is 5.00. The first-order chi connectivity index (χ1) is 15.5. The van der Waals surface area contributed by atoms with Gasteiger partial charge in [0.05, 0.1) is 18.9 Å². The molecule has 1 atom stereocenters. The number of nitrogens with two attached hydrogens (primary N) is 1. The highest BCUT2D eigenvalue weighted by atomic mass is 19.1. The van der Waals surface area contributed by atoms with E-state index in [9.17, 15) is 4.39 Å². The maximum Gasteiger partial charge on any atom is 0.299 e. The van der Waals surface area contributed by atoms with Gasteiger partial charge < -0.3 is 19.9 Å². The number of benzene rings is 2. The third kappa shape index (κ3) is 3.94. The molecule has 2 N–H and O–H groups in total. The van der Waals surface area contributed by atoms with Crippen LogP contribution in [0.1, 0.15) is 12.6 Å². The molecule has 3 heterocycles. The number of hydrogen-bond donors (Lipinski definition) is 1. The van der Waals surface area contributed by atoms with Crippen molar-refractivity contribution in [3.05, 3.63) is 72.4 Å². The van der Waals surface area contributed by atoms with E-state index in [2.05, 4.69) is 15.3 Å². The van der Waals surface area contributed by atoms with E-state index in [0.717, 1.165) is 0 Å². The average molecular weight is 436 g/mol. The molecular formula is C22H21FN6O3. The molecule has 9 nitrogen and oxygen atoms in total. The number of fused-ring (bicyclic) bond motifs is 1. The molecule has 5 rings (SSSR count). The van der Waals surface area contributed by atoms with Crippen LogP contribution in [-0.4, -0.2) is 36.8 Å². The summed E-state index contributed by atoms with van der Waals surface area (Å²) in [6.45, 7) is 2.92. The Hall–Kier alpha value is -4.08. The van der Waals surface area contributed by atoms with Crippen molar-refractivity contribution in [3.63, 3.8) is 0 Å². The van der Waals surface area contributed by atoms with Crippen LogP contribution >= 0.6 is 0 Å². The Morgan fingerprint density at radius 2 is 1.88 bits per heavy atom. The molecule has 1 unspecified atom stereocenters. The Kier molecular flexibility index (Phi) is 4.89. The predicted octanol–water partition coefficient (Wildman–Crippen LogP) is 2.99. The van der Waals surface area contributed by atoms with Crippen LogP contribution in [0, 0.1) is 5.82 Å². The van der Waals surface area contributed by atoms with Crippen molar-refractivity contribution < 1.29 is 18.6 Å². The van der Waals surface area contributed by atoms with Crippen LogP contribution in [-0.2, 0) is 13.2 Å². The number of rotatable bonds is 7. The maximum atomic E-state index is 13.7. The normalized spacial score (nSPS) is 17.1. The van der Waals surface area contributed by atoms with Gasteiger partial charge >= 0.3 is 0 Å². The summed E-state index contributed by atoms with van der Waals surface area (Å²) in [7, 11) is 0. The van der Waals surface area contributed by atoms with Gasteiger partial charge in [0.1, 0.15) is 36.2 Å². The van der Waals surface area contributed by atoms with E-state index in [1.54, 1.807) is 35.3 Å². The van der Waals surface area contributed by atoms with Gasteiger partial charge in [0.2, 0.25) is 0 Å². The molecule has 32 heavy (non-hydrogen) atoms. The summed E-state index contributed by atoms with van der Waals surface area (Å²) in [5.74, 6) is 0.783. The molecule has 1 aliphatic rings. The molecule has 0 amide bonds. The molecule has 0 aliphatic carbocycles. The van der Waals surface area contributed by atoms with E-state index in [0.29, 0.717) is 42.1 Å². The predicted molar refractivity (Wildman–Crippen MR) is 113 cm³/mol. The second-order valence-corrected chi connectivity index (χ2v) is 7.76. The molecule has 0 fully saturated rings. The quantitative estimate of drug-likeness (QED) is 0.475. The molecule has 0 saturated carbocycles. The molecule has 0 bridgehead atoms. The summed E-state index contributed by atoms with van der Waals surface area (Å²) in [4.78, 5) is 4.16.